The van der Waals surface area contributed by atoms with Crippen LogP contribution in [-0.4, -0.2) is 14.8 Å². The number of hydrogen-bond acceptors (Lipinski definition) is 3. The van der Waals surface area contributed by atoms with Crippen molar-refractivity contribution in [3.05, 3.63) is 41.3 Å². The molecule has 20 heavy (non-hydrogen) atoms. The first-order valence-electron chi connectivity index (χ1n) is 6.18. The Bertz CT molecular complexity index is 572. The quantitative estimate of drug-likeness (QED) is 0.938. The first-order valence-corrected chi connectivity index (χ1v) is 6.18. The van der Waals surface area contributed by atoms with Gasteiger partial charge in [0, 0.05) is 31.5 Å². The van der Waals surface area contributed by atoms with Crippen LogP contribution >= 0.6 is 0 Å². The van der Waals surface area contributed by atoms with Gasteiger partial charge in [0.05, 0.1) is 11.3 Å². The van der Waals surface area contributed by atoms with Crippen molar-refractivity contribution in [3.63, 3.8) is 0 Å². The van der Waals surface area contributed by atoms with Crippen LogP contribution in [0.4, 0.5) is 19.0 Å². The highest BCUT2D eigenvalue weighted by Crippen LogP contribution is 2.28. The Morgan fingerprint density at radius 3 is 2.60 bits per heavy atom. The number of rotatable bonds is 4. The van der Waals surface area contributed by atoms with Gasteiger partial charge in [-0.15, -0.1) is 0 Å². The van der Waals surface area contributed by atoms with Gasteiger partial charge >= 0.3 is 6.18 Å². The van der Waals surface area contributed by atoms with E-state index in [1.807, 2.05) is 20.2 Å². The average molecular weight is 284 g/mol. The fourth-order valence-corrected chi connectivity index (χ4v) is 1.88. The SMILES string of the molecule is CCc1nn(C)cc1CNc1ccc(C(F)(F)F)cn1. The molecule has 108 valence electrons. The molecule has 0 radical (unpaired) electrons. The Morgan fingerprint density at radius 1 is 1.30 bits per heavy atom. The molecule has 0 atom stereocenters. The highest BCUT2D eigenvalue weighted by Gasteiger charge is 2.30. The van der Waals surface area contributed by atoms with Crippen LogP contribution in [0.1, 0.15) is 23.7 Å². The molecule has 0 aliphatic carbocycles. The van der Waals surface area contributed by atoms with Crippen molar-refractivity contribution in [1.82, 2.24) is 14.8 Å². The van der Waals surface area contributed by atoms with E-state index < -0.39 is 11.7 Å². The predicted octanol–water partition coefficient (Wildman–Crippen LogP) is 3.01. The molecule has 0 unspecified atom stereocenters. The second kappa shape index (κ2) is 5.52. The van der Waals surface area contributed by atoms with Crippen molar-refractivity contribution in [1.29, 1.82) is 0 Å². The summed E-state index contributed by atoms with van der Waals surface area (Å²) in [6.45, 7) is 2.48. The number of hydrogen-bond donors (Lipinski definition) is 1. The summed E-state index contributed by atoms with van der Waals surface area (Å²) in [6.07, 6.45) is -0.842. The van der Waals surface area contributed by atoms with Crippen LogP contribution in [0.5, 0.6) is 0 Å². The minimum absolute atomic E-state index is 0.406. The van der Waals surface area contributed by atoms with Gasteiger partial charge in [-0.3, -0.25) is 4.68 Å². The Balaban J connectivity index is 2.04. The molecule has 4 nitrogen and oxygen atoms in total. The molecule has 2 heterocycles. The highest BCUT2D eigenvalue weighted by molar-refractivity contribution is 5.37. The van der Waals surface area contributed by atoms with E-state index in [1.165, 1.54) is 6.07 Å². The molecule has 0 saturated carbocycles. The van der Waals surface area contributed by atoms with Gasteiger partial charge in [-0.1, -0.05) is 6.92 Å². The number of alkyl halides is 3. The maximum absolute atomic E-state index is 12.4. The summed E-state index contributed by atoms with van der Waals surface area (Å²) >= 11 is 0. The average Bonchev–Trinajstić information content (AvgIpc) is 2.76. The Hall–Kier alpha value is -2.05. The monoisotopic (exact) mass is 284 g/mol. The molecule has 0 aliphatic heterocycles. The molecule has 2 aromatic rings. The molecular formula is C13H15F3N4. The van der Waals surface area contributed by atoms with Gasteiger partial charge in [0.25, 0.3) is 0 Å². The normalized spacial score (nSPS) is 11.7. The lowest BCUT2D eigenvalue weighted by molar-refractivity contribution is -0.137. The fraction of sp³-hybridized carbons (Fsp3) is 0.385. The standard InChI is InChI=1S/C13H15F3N4/c1-3-11-9(8-20(2)19-11)6-17-12-5-4-10(7-18-12)13(14,15)16/h4-5,7-8H,3,6H2,1-2H3,(H,17,18). The van der Waals surface area contributed by atoms with E-state index in [0.717, 1.165) is 29.9 Å². The Morgan fingerprint density at radius 2 is 2.05 bits per heavy atom. The van der Waals surface area contributed by atoms with Gasteiger partial charge < -0.3 is 5.32 Å². The molecule has 0 bridgehead atoms. The number of anilines is 1. The first-order chi connectivity index (χ1) is 9.40. The highest BCUT2D eigenvalue weighted by atomic mass is 19.4. The van der Waals surface area contributed by atoms with Gasteiger partial charge in [0.1, 0.15) is 5.82 Å². The van der Waals surface area contributed by atoms with Crippen molar-refractivity contribution in [2.45, 2.75) is 26.1 Å². The molecule has 0 aliphatic rings. The second-order valence-electron chi connectivity index (χ2n) is 4.41. The van der Waals surface area contributed by atoms with E-state index >= 15 is 0 Å². The molecule has 0 fully saturated rings. The molecule has 2 aromatic heterocycles. The minimum Gasteiger partial charge on any atom is -0.366 e. The maximum atomic E-state index is 12.4. The third-order valence-electron chi connectivity index (χ3n) is 2.88. The van der Waals surface area contributed by atoms with Crippen LogP contribution < -0.4 is 5.32 Å². The van der Waals surface area contributed by atoms with E-state index in [4.69, 9.17) is 0 Å². The summed E-state index contributed by atoms with van der Waals surface area (Å²) in [5.74, 6) is 0.406. The number of aromatic nitrogens is 3. The van der Waals surface area contributed by atoms with Crippen molar-refractivity contribution in [3.8, 4) is 0 Å². The molecule has 0 aromatic carbocycles. The van der Waals surface area contributed by atoms with Crippen molar-refractivity contribution in [2.24, 2.45) is 7.05 Å². The van der Waals surface area contributed by atoms with Gasteiger partial charge in [0.2, 0.25) is 0 Å². The van der Waals surface area contributed by atoms with Crippen molar-refractivity contribution in [2.75, 3.05) is 5.32 Å². The zero-order valence-electron chi connectivity index (χ0n) is 11.2. The molecule has 0 amide bonds. The third kappa shape index (κ3) is 3.28. The van der Waals surface area contributed by atoms with Crippen molar-refractivity contribution >= 4 is 5.82 Å². The van der Waals surface area contributed by atoms with Crippen LogP contribution in [0.2, 0.25) is 0 Å². The number of nitrogens with zero attached hydrogens (tertiary/aromatic N) is 3. The second-order valence-corrected chi connectivity index (χ2v) is 4.41. The van der Waals surface area contributed by atoms with Gasteiger partial charge in [-0.25, -0.2) is 4.98 Å². The summed E-state index contributed by atoms with van der Waals surface area (Å²) in [6, 6.07) is 2.34. The number of pyridine rings is 1. The molecule has 0 saturated heterocycles. The van der Waals surface area contributed by atoms with Gasteiger partial charge in [-0.05, 0) is 18.6 Å². The summed E-state index contributed by atoms with van der Waals surface area (Å²) in [4.78, 5) is 3.76. The predicted molar refractivity (Wildman–Crippen MR) is 69.2 cm³/mol. The summed E-state index contributed by atoms with van der Waals surface area (Å²) in [5.41, 5.74) is 1.22. The first kappa shape index (κ1) is 14.4. The summed E-state index contributed by atoms with van der Waals surface area (Å²) < 4.78 is 38.9. The third-order valence-corrected chi connectivity index (χ3v) is 2.88. The molecule has 0 spiro atoms. The lowest BCUT2D eigenvalue weighted by atomic mass is 10.2. The van der Waals surface area contributed by atoms with Crippen molar-refractivity contribution < 1.29 is 13.2 Å². The van der Waals surface area contributed by atoms with E-state index in [0.29, 0.717) is 12.4 Å². The van der Waals surface area contributed by atoms with E-state index in [1.54, 1.807) is 4.68 Å². The number of halogens is 3. The fourth-order valence-electron chi connectivity index (χ4n) is 1.88. The van der Waals surface area contributed by atoms with E-state index in [9.17, 15) is 13.2 Å². The van der Waals surface area contributed by atoms with Crippen LogP contribution in [0.25, 0.3) is 0 Å². The smallest absolute Gasteiger partial charge is 0.366 e. The lowest BCUT2D eigenvalue weighted by Gasteiger charge is -2.08. The van der Waals surface area contributed by atoms with Crippen LogP contribution in [0.3, 0.4) is 0 Å². The topological polar surface area (TPSA) is 42.7 Å². The van der Waals surface area contributed by atoms with Crippen LogP contribution in [-0.2, 0) is 26.2 Å². The maximum Gasteiger partial charge on any atom is 0.417 e. The zero-order chi connectivity index (χ0) is 14.8. The molecular weight excluding hydrogens is 269 g/mol. The van der Waals surface area contributed by atoms with Crippen LogP contribution in [0.15, 0.2) is 24.5 Å². The van der Waals surface area contributed by atoms with E-state index in [2.05, 4.69) is 15.4 Å². The Labute approximate surface area is 114 Å². The molecule has 7 heteroatoms. The molecule has 1 N–H and O–H groups in total. The zero-order valence-corrected chi connectivity index (χ0v) is 11.2. The minimum atomic E-state index is -4.36. The number of nitrogens with one attached hydrogen (secondary N) is 1. The lowest BCUT2D eigenvalue weighted by Crippen LogP contribution is -2.07. The number of aryl methyl sites for hydroxylation is 2. The van der Waals surface area contributed by atoms with E-state index in [-0.39, 0.29) is 0 Å². The van der Waals surface area contributed by atoms with Crippen LogP contribution in [0, 0.1) is 0 Å². The summed E-state index contributed by atoms with van der Waals surface area (Å²) in [5, 5.41) is 7.29. The molecule has 2 rings (SSSR count). The summed E-state index contributed by atoms with van der Waals surface area (Å²) in [7, 11) is 1.83. The Kier molecular flexibility index (Phi) is 3.96. The van der Waals surface area contributed by atoms with Gasteiger partial charge in [0.15, 0.2) is 0 Å². The van der Waals surface area contributed by atoms with Gasteiger partial charge in [-0.2, -0.15) is 18.3 Å². The largest absolute Gasteiger partial charge is 0.417 e.